The number of para-hydroxylation sites is 1. The lowest BCUT2D eigenvalue weighted by molar-refractivity contribution is -0.121. The van der Waals surface area contributed by atoms with E-state index >= 15 is 0 Å². The molecule has 1 aliphatic rings. The molecule has 7 heteroatoms. The van der Waals surface area contributed by atoms with Crippen LogP contribution in [0, 0.1) is 11.3 Å². The average Bonchev–Trinajstić information content (AvgIpc) is 2.89. The van der Waals surface area contributed by atoms with Crippen molar-refractivity contribution in [3.63, 3.8) is 0 Å². The second kappa shape index (κ2) is 11.6. The van der Waals surface area contributed by atoms with Crippen LogP contribution in [0.1, 0.15) is 43.2 Å². The molecule has 3 aromatic rings. The molecule has 4 rings (SSSR count). The van der Waals surface area contributed by atoms with E-state index in [2.05, 4.69) is 30.6 Å². The Hall–Kier alpha value is -4.02. The van der Waals surface area contributed by atoms with Gasteiger partial charge in [-0.1, -0.05) is 68.1 Å². The summed E-state index contributed by atoms with van der Waals surface area (Å²) >= 11 is 1.16. The Morgan fingerprint density at radius 3 is 2.36 bits per heavy atom. The molecular weight excluding hydrogens is 470 g/mol. The van der Waals surface area contributed by atoms with Gasteiger partial charge in [-0.3, -0.25) is 9.59 Å². The van der Waals surface area contributed by atoms with Crippen LogP contribution in [0.3, 0.4) is 0 Å². The Morgan fingerprint density at radius 2 is 1.72 bits per heavy atom. The fourth-order valence-electron chi connectivity index (χ4n) is 3.90. The third-order valence-electron chi connectivity index (χ3n) is 5.83. The van der Waals surface area contributed by atoms with Crippen LogP contribution in [0.2, 0.25) is 0 Å². The summed E-state index contributed by atoms with van der Waals surface area (Å²) in [5.74, 6) is 1.13. The molecule has 2 amide bonds. The van der Waals surface area contributed by atoms with Crippen molar-refractivity contribution < 1.29 is 14.3 Å². The molecule has 0 bridgehead atoms. The number of hydrogen-bond donors (Lipinski definition) is 2. The highest BCUT2D eigenvalue weighted by atomic mass is 32.2. The third-order valence-corrected chi connectivity index (χ3v) is 6.84. The van der Waals surface area contributed by atoms with Gasteiger partial charge < -0.3 is 15.4 Å². The maximum Gasteiger partial charge on any atom is 0.234 e. The van der Waals surface area contributed by atoms with Gasteiger partial charge in [0.25, 0.3) is 0 Å². The first-order chi connectivity index (χ1) is 17.4. The summed E-state index contributed by atoms with van der Waals surface area (Å²) in [6.45, 7) is 4.24. The molecule has 0 saturated heterocycles. The number of rotatable bonds is 8. The third kappa shape index (κ3) is 6.35. The maximum atomic E-state index is 12.6. The zero-order chi connectivity index (χ0) is 25.5. The van der Waals surface area contributed by atoms with E-state index in [9.17, 15) is 14.9 Å². The van der Waals surface area contributed by atoms with Crippen LogP contribution < -0.4 is 15.4 Å². The Morgan fingerprint density at radius 1 is 1.06 bits per heavy atom. The lowest BCUT2D eigenvalue weighted by Crippen LogP contribution is -2.31. The smallest absolute Gasteiger partial charge is 0.234 e. The minimum Gasteiger partial charge on any atom is -0.457 e. The van der Waals surface area contributed by atoms with Gasteiger partial charge in [-0.15, -0.1) is 0 Å². The number of nitrogens with one attached hydrogen (secondary N) is 2. The predicted molar refractivity (Wildman–Crippen MR) is 143 cm³/mol. The maximum absolute atomic E-state index is 12.6. The van der Waals surface area contributed by atoms with Crippen molar-refractivity contribution in [2.45, 2.75) is 32.1 Å². The molecule has 0 unspecified atom stereocenters. The molecule has 2 N–H and O–H groups in total. The summed E-state index contributed by atoms with van der Waals surface area (Å²) in [5, 5.41) is 15.9. The quantitative estimate of drug-likeness (QED) is 0.380. The lowest BCUT2D eigenvalue weighted by Gasteiger charge is -2.25. The molecular formula is C29H27N3O3S. The van der Waals surface area contributed by atoms with Gasteiger partial charge in [0.05, 0.1) is 22.4 Å². The van der Waals surface area contributed by atoms with Crippen LogP contribution in [-0.2, 0) is 9.59 Å². The zero-order valence-electron chi connectivity index (χ0n) is 20.2. The number of carbonyl (C=O) groups is 2. The largest absolute Gasteiger partial charge is 0.457 e. The summed E-state index contributed by atoms with van der Waals surface area (Å²) < 4.78 is 5.77. The van der Waals surface area contributed by atoms with Crippen molar-refractivity contribution in [3.8, 4) is 17.6 Å². The second-order valence-corrected chi connectivity index (χ2v) is 9.74. The van der Waals surface area contributed by atoms with E-state index < -0.39 is 0 Å². The minimum atomic E-state index is -0.326. The SMILES string of the molecule is CC(C)c1ccc([C@H]2CC(=O)NC(SCC(=O)Nc3ccc(Oc4ccccc4)cc3)=C2C#N)cc1. The molecule has 0 aromatic heterocycles. The van der Waals surface area contributed by atoms with E-state index in [1.165, 1.54) is 5.56 Å². The van der Waals surface area contributed by atoms with E-state index in [1.54, 1.807) is 24.3 Å². The van der Waals surface area contributed by atoms with E-state index in [4.69, 9.17) is 4.74 Å². The van der Waals surface area contributed by atoms with Crippen LogP contribution in [-0.4, -0.2) is 17.6 Å². The lowest BCUT2D eigenvalue weighted by atomic mass is 9.86. The molecule has 0 fully saturated rings. The number of anilines is 1. The van der Waals surface area contributed by atoms with Crippen molar-refractivity contribution >= 4 is 29.3 Å². The number of ether oxygens (including phenoxy) is 1. The van der Waals surface area contributed by atoms with E-state index in [0.29, 0.717) is 28.0 Å². The van der Waals surface area contributed by atoms with Crippen LogP contribution in [0.5, 0.6) is 11.5 Å². The van der Waals surface area contributed by atoms with Gasteiger partial charge in [-0.25, -0.2) is 0 Å². The Labute approximate surface area is 215 Å². The van der Waals surface area contributed by atoms with Gasteiger partial charge in [-0.2, -0.15) is 5.26 Å². The first-order valence-corrected chi connectivity index (χ1v) is 12.7. The standard InChI is InChI=1S/C29H27N3O3S/c1-19(2)20-8-10-21(11-9-20)25-16-27(33)32-29(26(25)17-30)36-18-28(34)31-22-12-14-24(15-13-22)35-23-6-4-3-5-7-23/h3-15,19,25H,16,18H2,1-2H3,(H,31,34)(H,32,33)/t25-/m1/s1. The van der Waals surface area contributed by atoms with Crippen molar-refractivity contribution in [1.82, 2.24) is 5.32 Å². The number of nitrogens with zero attached hydrogens (tertiary/aromatic N) is 1. The number of amides is 2. The molecule has 0 spiro atoms. The Balaban J connectivity index is 1.39. The van der Waals surface area contributed by atoms with Crippen LogP contribution in [0.4, 0.5) is 5.69 Å². The summed E-state index contributed by atoms with van der Waals surface area (Å²) in [5.41, 5.74) is 3.23. The van der Waals surface area contributed by atoms with E-state index in [1.807, 2.05) is 54.6 Å². The monoisotopic (exact) mass is 497 g/mol. The molecule has 182 valence electrons. The minimum absolute atomic E-state index is 0.0576. The second-order valence-electron chi connectivity index (χ2n) is 8.76. The van der Waals surface area contributed by atoms with E-state index in [-0.39, 0.29) is 29.9 Å². The summed E-state index contributed by atoms with van der Waals surface area (Å²) in [4.78, 5) is 25.0. The van der Waals surface area contributed by atoms with Gasteiger partial charge >= 0.3 is 0 Å². The highest BCUT2D eigenvalue weighted by Crippen LogP contribution is 2.36. The van der Waals surface area contributed by atoms with Gasteiger partial charge in [0, 0.05) is 18.0 Å². The highest BCUT2D eigenvalue weighted by molar-refractivity contribution is 8.03. The Kier molecular flexibility index (Phi) is 8.09. The predicted octanol–water partition coefficient (Wildman–Crippen LogP) is 6.31. The zero-order valence-corrected chi connectivity index (χ0v) is 21.0. The summed E-state index contributed by atoms with van der Waals surface area (Å²) in [6, 6.07) is 26.8. The molecule has 36 heavy (non-hydrogen) atoms. The Bertz CT molecular complexity index is 1290. The van der Waals surface area contributed by atoms with Crippen LogP contribution >= 0.6 is 11.8 Å². The number of thioether (sulfide) groups is 1. The summed E-state index contributed by atoms with van der Waals surface area (Å²) in [6.07, 6.45) is 0.206. The van der Waals surface area contributed by atoms with Crippen molar-refractivity contribution in [2.24, 2.45) is 0 Å². The molecule has 3 aromatic carbocycles. The van der Waals surface area contributed by atoms with E-state index in [0.717, 1.165) is 23.1 Å². The number of allylic oxidation sites excluding steroid dienone is 1. The highest BCUT2D eigenvalue weighted by Gasteiger charge is 2.30. The number of nitriles is 1. The molecule has 1 aliphatic heterocycles. The average molecular weight is 498 g/mol. The molecule has 0 saturated carbocycles. The van der Waals surface area contributed by atoms with Crippen molar-refractivity contribution in [3.05, 3.63) is 101 Å². The topological polar surface area (TPSA) is 91.2 Å². The molecule has 1 heterocycles. The normalized spacial score (nSPS) is 15.3. The van der Waals surface area contributed by atoms with Gasteiger partial charge in [0.2, 0.25) is 11.8 Å². The summed E-state index contributed by atoms with van der Waals surface area (Å²) in [7, 11) is 0. The fraction of sp³-hybridized carbons (Fsp3) is 0.207. The number of hydrogen-bond acceptors (Lipinski definition) is 5. The molecule has 6 nitrogen and oxygen atoms in total. The first kappa shape index (κ1) is 25.1. The van der Waals surface area contributed by atoms with Crippen molar-refractivity contribution in [1.29, 1.82) is 5.26 Å². The number of benzene rings is 3. The first-order valence-electron chi connectivity index (χ1n) is 11.7. The number of carbonyl (C=O) groups excluding carboxylic acids is 2. The van der Waals surface area contributed by atoms with Gasteiger partial charge in [0.15, 0.2) is 0 Å². The van der Waals surface area contributed by atoms with Gasteiger partial charge in [-0.05, 0) is 53.4 Å². The molecule has 1 atom stereocenters. The molecule has 0 radical (unpaired) electrons. The van der Waals surface area contributed by atoms with Crippen LogP contribution in [0.15, 0.2) is 89.5 Å². The van der Waals surface area contributed by atoms with Crippen LogP contribution in [0.25, 0.3) is 0 Å². The fourth-order valence-corrected chi connectivity index (χ4v) is 4.77. The van der Waals surface area contributed by atoms with Crippen molar-refractivity contribution in [2.75, 3.05) is 11.1 Å². The van der Waals surface area contributed by atoms with Gasteiger partial charge in [0.1, 0.15) is 11.5 Å². The molecule has 0 aliphatic carbocycles.